The molecule has 264 valence electrons. The number of ether oxygens (including phenoxy) is 2. The van der Waals surface area contributed by atoms with E-state index >= 15 is 0 Å². The van der Waals surface area contributed by atoms with Crippen LogP contribution in [0.2, 0.25) is 0 Å². The summed E-state index contributed by atoms with van der Waals surface area (Å²) in [5, 5.41) is 19.1. The highest BCUT2D eigenvalue weighted by atomic mass is 35.5. The predicted octanol–water partition coefficient (Wildman–Crippen LogP) is 5.28. The number of rotatable bonds is 33. The second-order valence-corrected chi connectivity index (χ2v) is 13.1. The Morgan fingerprint density at radius 3 is 1.27 bits per heavy atom. The number of halogens is 1. The zero-order valence-electron chi connectivity index (χ0n) is 29.1. The molecule has 1 unspecified atom stereocenters. The van der Waals surface area contributed by atoms with Gasteiger partial charge in [-0.25, -0.2) is 0 Å². The van der Waals surface area contributed by atoms with E-state index in [9.17, 15) is 19.8 Å². The van der Waals surface area contributed by atoms with Crippen LogP contribution in [0.25, 0.3) is 0 Å². The maximum atomic E-state index is 12.7. The number of aliphatic hydroxyl groups excluding tert-OH is 2. The lowest BCUT2D eigenvalue weighted by atomic mass is 10.1. The molecule has 0 aromatic heterocycles. The summed E-state index contributed by atoms with van der Waals surface area (Å²) in [5.41, 5.74) is 0. The molecule has 0 aromatic carbocycles. The summed E-state index contributed by atoms with van der Waals surface area (Å²) in [6.45, 7) is 5.69. The molecule has 44 heavy (non-hydrogen) atoms. The zero-order chi connectivity index (χ0) is 31.9. The van der Waals surface area contributed by atoms with E-state index in [1.807, 2.05) is 7.05 Å². The van der Waals surface area contributed by atoms with Crippen molar-refractivity contribution in [1.29, 1.82) is 0 Å². The van der Waals surface area contributed by atoms with Crippen LogP contribution in [0.5, 0.6) is 0 Å². The van der Waals surface area contributed by atoms with Crippen LogP contribution in [-0.2, 0) is 19.1 Å². The van der Waals surface area contributed by atoms with Gasteiger partial charge in [-0.2, -0.15) is 0 Å². The number of likely N-dealkylation sites (N-methyl/N-ethyl adjacent to an activating group) is 1. The fourth-order valence-electron chi connectivity index (χ4n) is 5.76. The number of unbranched alkanes of at least 4 members (excludes halogenated alkanes) is 20. The molecule has 0 rings (SSSR count). The van der Waals surface area contributed by atoms with Crippen LogP contribution in [0.3, 0.4) is 0 Å². The fourth-order valence-corrected chi connectivity index (χ4v) is 5.76. The molecule has 0 fully saturated rings. The van der Waals surface area contributed by atoms with E-state index in [2.05, 4.69) is 13.8 Å². The number of aliphatic hydroxyl groups is 2. The Balaban J connectivity index is 0. The lowest BCUT2D eigenvalue weighted by Gasteiger charge is -2.36. The molecule has 0 spiro atoms. The Morgan fingerprint density at radius 1 is 0.568 bits per heavy atom. The van der Waals surface area contributed by atoms with E-state index < -0.39 is 6.10 Å². The van der Waals surface area contributed by atoms with Gasteiger partial charge in [-0.15, -0.1) is 0 Å². The molecule has 7 nitrogen and oxygen atoms in total. The third kappa shape index (κ3) is 29.8. The molecule has 2 N–H and O–H groups in total. The van der Waals surface area contributed by atoms with Gasteiger partial charge in [-0.05, 0) is 12.8 Å². The second-order valence-electron chi connectivity index (χ2n) is 13.1. The standard InChI is InChI=1S/C36H72NO6.ClH/c1-4-6-8-10-12-14-16-18-20-22-24-26-35(40)42-33-34(32-37(3,28-30-38)29-31-39)43-36(41)27-25-23-21-19-17-15-13-11-9-7-5-2;/h34,38-39H,4-33H2,1-3H3;1H/q+1;/p-1. The predicted molar refractivity (Wildman–Crippen MR) is 178 cm³/mol. The van der Waals surface area contributed by atoms with Gasteiger partial charge in [0.2, 0.25) is 0 Å². The van der Waals surface area contributed by atoms with Gasteiger partial charge in [0.25, 0.3) is 0 Å². The van der Waals surface area contributed by atoms with Crippen LogP contribution in [0.4, 0.5) is 0 Å². The fraction of sp³-hybridized carbons (Fsp3) is 0.944. The Bertz CT molecular complexity index is 630. The number of hydrogen-bond acceptors (Lipinski definition) is 6. The first-order valence-electron chi connectivity index (χ1n) is 18.3. The van der Waals surface area contributed by atoms with Gasteiger partial charge >= 0.3 is 11.9 Å². The minimum absolute atomic E-state index is 0. The average molecular weight is 650 g/mol. The quantitative estimate of drug-likeness (QED) is 0.0571. The number of carbonyl (C=O) groups is 2. The van der Waals surface area contributed by atoms with Crippen molar-refractivity contribution in [1.82, 2.24) is 0 Å². The lowest BCUT2D eigenvalue weighted by Crippen LogP contribution is -3.00. The molecule has 0 radical (unpaired) electrons. The molecule has 1 atom stereocenters. The monoisotopic (exact) mass is 650 g/mol. The smallest absolute Gasteiger partial charge is 0.306 e. The summed E-state index contributed by atoms with van der Waals surface area (Å²) in [7, 11) is 1.92. The van der Waals surface area contributed by atoms with E-state index in [4.69, 9.17) is 9.47 Å². The van der Waals surface area contributed by atoms with Crippen molar-refractivity contribution in [2.24, 2.45) is 0 Å². The first kappa shape index (κ1) is 45.2. The van der Waals surface area contributed by atoms with Crippen molar-refractivity contribution in [2.75, 3.05) is 46.5 Å². The highest BCUT2D eigenvalue weighted by molar-refractivity contribution is 5.70. The highest BCUT2D eigenvalue weighted by Gasteiger charge is 2.29. The Kier molecular flexibility index (Phi) is 34.4. The van der Waals surface area contributed by atoms with Crippen molar-refractivity contribution in [2.45, 2.75) is 174 Å². The third-order valence-corrected chi connectivity index (χ3v) is 8.62. The van der Waals surface area contributed by atoms with Crippen molar-refractivity contribution < 1.29 is 46.2 Å². The molecular formula is C36H72ClNO6. The minimum Gasteiger partial charge on any atom is -1.00 e. The second kappa shape index (κ2) is 33.5. The maximum Gasteiger partial charge on any atom is 0.306 e. The van der Waals surface area contributed by atoms with Crippen LogP contribution in [0, 0.1) is 0 Å². The normalized spacial score (nSPS) is 12.1. The summed E-state index contributed by atoms with van der Waals surface area (Å²) in [6.07, 6.45) is 27.1. The van der Waals surface area contributed by atoms with Gasteiger partial charge < -0.3 is 36.6 Å². The molecule has 0 aliphatic carbocycles. The van der Waals surface area contributed by atoms with Gasteiger partial charge in [-0.3, -0.25) is 9.59 Å². The SMILES string of the molecule is CCCCCCCCCCCCCC(=O)OCC(C[N+](C)(CCO)CCO)OC(=O)CCCCCCCCCCCCC.[Cl-]. The number of carbonyl (C=O) groups excluding carboxylic acids is 2. The lowest BCUT2D eigenvalue weighted by molar-refractivity contribution is -0.912. The molecule has 0 amide bonds. The van der Waals surface area contributed by atoms with Crippen molar-refractivity contribution in [3.8, 4) is 0 Å². The average Bonchev–Trinajstić information content (AvgIpc) is 2.97. The minimum atomic E-state index is -0.593. The molecule has 0 saturated heterocycles. The van der Waals surface area contributed by atoms with Gasteiger partial charge in [0.05, 0.1) is 20.3 Å². The third-order valence-electron chi connectivity index (χ3n) is 8.62. The highest BCUT2D eigenvalue weighted by Crippen LogP contribution is 2.15. The summed E-state index contributed by atoms with van der Waals surface area (Å²) in [4.78, 5) is 25.1. The summed E-state index contributed by atoms with van der Waals surface area (Å²) in [5.74, 6) is -0.511. The summed E-state index contributed by atoms with van der Waals surface area (Å²) < 4.78 is 11.7. The van der Waals surface area contributed by atoms with Crippen LogP contribution in [0.1, 0.15) is 168 Å². The van der Waals surface area contributed by atoms with E-state index in [1.165, 1.54) is 103 Å². The molecule has 8 heteroatoms. The van der Waals surface area contributed by atoms with Gasteiger partial charge in [0.15, 0.2) is 6.10 Å². The maximum absolute atomic E-state index is 12.7. The Labute approximate surface area is 278 Å². The van der Waals surface area contributed by atoms with E-state index in [-0.39, 0.29) is 44.2 Å². The topological polar surface area (TPSA) is 93.1 Å². The molecular weight excluding hydrogens is 578 g/mol. The molecule has 0 heterocycles. The molecule has 0 saturated carbocycles. The molecule has 0 aliphatic rings. The zero-order valence-corrected chi connectivity index (χ0v) is 29.9. The van der Waals surface area contributed by atoms with Crippen molar-refractivity contribution in [3.63, 3.8) is 0 Å². The van der Waals surface area contributed by atoms with Crippen molar-refractivity contribution in [3.05, 3.63) is 0 Å². The van der Waals surface area contributed by atoms with Crippen LogP contribution in [0.15, 0.2) is 0 Å². The van der Waals surface area contributed by atoms with Gasteiger partial charge in [0, 0.05) is 12.8 Å². The number of quaternary nitrogens is 1. The first-order valence-corrected chi connectivity index (χ1v) is 18.3. The van der Waals surface area contributed by atoms with E-state index in [0.29, 0.717) is 37.0 Å². The van der Waals surface area contributed by atoms with Crippen LogP contribution in [-0.4, -0.2) is 79.2 Å². The van der Waals surface area contributed by atoms with Crippen LogP contribution < -0.4 is 12.4 Å². The number of hydrogen-bond donors (Lipinski definition) is 2. The van der Waals surface area contributed by atoms with Gasteiger partial charge in [0.1, 0.15) is 26.2 Å². The number of nitrogens with zero attached hydrogens (tertiary/aromatic N) is 1. The first-order chi connectivity index (χ1) is 20.9. The molecule has 0 aromatic rings. The van der Waals surface area contributed by atoms with E-state index in [0.717, 1.165) is 38.5 Å². The molecule has 0 aliphatic heterocycles. The molecule has 0 bridgehead atoms. The summed E-state index contributed by atoms with van der Waals surface area (Å²) >= 11 is 0. The Hall–Kier alpha value is -0.890. The van der Waals surface area contributed by atoms with Crippen molar-refractivity contribution >= 4 is 11.9 Å². The van der Waals surface area contributed by atoms with Crippen LogP contribution >= 0.6 is 0 Å². The largest absolute Gasteiger partial charge is 1.00 e. The Morgan fingerprint density at radius 2 is 0.909 bits per heavy atom. The van der Waals surface area contributed by atoms with Gasteiger partial charge in [-0.1, -0.05) is 142 Å². The van der Waals surface area contributed by atoms with E-state index in [1.54, 1.807) is 0 Å². The number of esters is 2. The summed E-state index contributed by atoms with van der Waals surface area (Å²) in [6, 6.07) is 0.